The number of ether oxygens (including phenoxy) is 2. The quantitative estimate of drug-likeness (QED) is 0.764. The molecule has 4 nitrogen and oxygen atoms in total. The number of nitrogens with two attached hydrogens (primary N) is 1. The van der Waals surface area contributed by atoms with Gasteiger partial charge in [-0.05, 0) is 19.9 Å². The van der Waals surface area contributed by atoms with E-state index in [4.69, 9.17) is 20.5 Å². The molecule has 0 spiro atoms. The third-order valence-corrected chi connectivity index (χ3v) is 2.30. The van der Waals surface area contributed by atoms with Crippen LogP contribution in [0.2, 0.25) is 0 Å². The molecule has 0 bridgehead atoms. The first-order valence-corrected chi connectivity index (χ1v) is 5.63. The predicted octanol–water partition coefficient (Wildman–Crippen LogP) is 2.01. The average molecular weight is 234 g/mol. The summed E-state index contributed by atoms with van der Waals surface area (Å²) in [6, 6.07) is 9.59. The van der Waals surface area contributed by atoms with Gasteiger partial charge in [-0.2, -0.15) is 5.26 Å². The third kappa shape index (κ3) is 4.43. The van der Waals surface area contributed by atoms with E-state index in [1.807, 2.05) is 37.3 Å². The van der Waals surface area contributed by atoms with Gasteiger partial charge in [-0.1, -0.05) is 18.2 Å². The van der Waals surface area contributed by atoms with E-state index in [2.05, 4.69) is 0 Å². The highest BCUT2D eigenvalue weighted by Gasteiger charge is 2.07. The molecule has 0 radical (unpaired) electrons. The van der Waals surface area contributed by atoms with Gasteiger partial charge in [-0.25, -0.2) is 0 Å². The fourth-order valence-corrected chi connectivity index (χ4v) is 1.40. The van der Waals surface area contributed by atoms with Crippen molar-refractivity contribution in [2.75, 3.05) is 13.2 Å². The average Bonchev–Trinajstić information content (AvgIpc) is 2.34. The fourth-order valence-electron chi connectivity index (χ4n) is 1.40. The van der Waals surface area contributed by atoms with Gasteiger partial charge in [-0.15, -0.1) is 0 Å². The zero-order valence-electron chi connectivity index (χ0n) is 10.2. The largest absolute Gasteiger partial charge is 0.491 e. The Morgan fingerprint density at radius 1 is 1.29 bits per heavy atom. The number of hydrogen-bond donors (Lipinski definition) is 1. The van der Waals surface area contributed by atoms with Gasteiger partial charge in [0.25, 0.3) is 0 Å². The van der Waals surface area contributed by atoms with Crippen molar-refractivity contribution in [1.82, 2.24) is 0 Å². The summed E-state index contributed by atoms with van der Waals surface area (Å²) in [4.78, 5) is 0. The van der Waals surface area contributed by atoms with Crippen LogP contribution < -0.4 is 10.5 Å². The van der Waals surface area contributed by atoms with E-state index in [-0.39, 0.29) is 6.04 Å². The Morgan fingerprint density at radius 3 is 2.65 bits per heavy atom. The summed E-state index contributed by atoms with van der Waals surface area (Å²) in [6.45, 7) is 4.42. The standard InChI is InChI=1S/C13H18N2O2/c1-10(9-14)16-7-8-17-13-6-4-3-5-12(13)11(2)15/h3-6,10-11H,7-8,15H2,1-2H3. The number of rotatable bonds is 6. The second-order valence-electron chi connectivity index (χ2n) is 3.82. The monoisotopic (exact) mass is 234 g/mol. The van der Waals surface area contributed by atoms with Gasteiger partial charge in [0.1, 0.15) is 18.5 Å². The van der Waals surface area contributed by atoms with Crippen molar-refractivity contribution < 1.29 is 9.47 Å². The van der Waals surface area contributed by atoms with Crippen LogP contribution in [0, 0.1) is 11.3 Å². The molecule has 0 aliphatic heterocycles. The Hall–Kier alpha value is -1.57. The molecule has 0 saturated heterocycles. The number of hydrogen-bond acceptors (Lipinski definition) is 4. The lowest BCUT2D eigenvalue weighted by molar-refractivity contribution is 0.0741. The molecule has 0 heterocycles. The molecule has 2 atom stereocenters. The zero-order valence-corrected chi connectivity index (χ0v) is 10.2. The molecule has 0 amide bonds. The Bertz CT molecular complexity index is 385. The molecule has 1 rings (SSSR count). The molecular weight excluding hydrogens is 216 g/mol. The third-order valence-electron chi connectivity index (χ3n) is 2.30. The van der Waals surface area contributed by atoms with Crippen LogP contribution in [0.4, 0.5) is 0 Å². The molecule has 4 heteroatoms. The van der Waals surface area contributed by atoms with Crippen LogP contribution >= 0.6 is 0 Å². The lowest BCUT2D eigenvalue weighted by Crippen LogP contribution is -2.14. The Morgan fingerprint density at radius 2 is 2.00 bits per heavy atom. The molecule has 0 fully saturated rings. The molecule has 0 aliphatic rings. The minimum Gasteiger partial charge on any atom is -0.491 e. The summed E-state index contributed by atoms with van der Waals surface area (Å²) in [5.74, 6) is 0.774. The number of para-hydroxylation sites is 1. The van der Waals surface area contributed by atoms with Crippen LogP contribution in [0.5, 0.6) is 5.75 Å². The number of nitrogens with zero attached hydrogens (tertiary/aromatic N) is 1. The van der Waals surface area contributed by atoms with Gasteiger partial charge in [0.15, 0.2) is 0 Å². The molecule has 0 aromatic heterocycles. The highest BCUT2D eigenvalue weighted by atomic mass is 16.5. The minimum atomic E-state index is -0.401. The molecule has 1 aromatic carbocycles. The summed E-state index contributed by atoms with van der Waals surface area (Å²) >= 11 is 0. The zero-order chi connectivity index (χ0) is 12.7. The summed E-state index contributed by atoms with van der Waals surface area (Å²) in [7, 11) is 0. The van der Waals surface area contributed by atoms with Crippen LogP contribution in [0.1, 0.15) is 25.5 Å². The molecular formula is C13H18N2O2. The number of benzene rings is 1. The van der Waals surface area contributed by atoms with Gasteiger partial charge in [-0.3, -0.25) is 0 Å². The fraction of sp³-hybridized carbons (Fsp3) is 0.462. The van der Waals surface area contributed by atoms with Crippen LogP contribution in [0.15, 0.2) is 24.3 Å². The van der Waals surface area contributed by atoms with Crippen LogP contribution in [-0.4, -0.2) is 19.3 Å². The van der Waals surface area contributed by atoms with Gasteiger partial charge >= 0.3 is 0 Å². The highest BCUT2D eigenvalue weighted by Crippen LogP contribution is 2.22. The first-order valence-electron chi connectivity index (χ1n) is 5.63. The van der Waals surface area contributed by atoms with Crippen molar-refractivity contribution in [2.24, 2.45) is 5.73 Å². The van der Waals surface area contributed by atoms with Gasteiger partial charge in [0.05, 0.1) is 12.7 Å². The molecule has 2 N–H and O–H groups in total. The first kappa shape index (κ1) is 13.5. The topological polar surface area (TPSA) is 68.3 Å². The highest BCUT2D eigenvalue weighted by molar-refractivity contribution is 5.35. The van der Waals surface area contributed by atoms with Crippen molar-refractivity contribution in [1.29, 1.82) is 5.26 Å². The molecule has 17 heavy (non-hydrogen) atoms. The molecule has 0 aliphatic carbocycles. The molecule has 0 saturated carbocycles. The van der Waals surface area contributed by atoms with Crippen LogP contribution in [-0.2, 0) is 4.74 Å². The Balaban J connectivity index is 2.44. The maximum atomic E-state index is 8.54. The van der Waals surface area contributed by atoms with Gasteiger partial charge in [0.2, 0.25) is 0 Å². The first-order chi connectivity index (χ1) is 8.15. The van der Waals surface area contributed by atoms with E-state index < -0.39 is 6.10 Å². The van der Waals surface area contributed by atoms with Crippen LogP contribution in [0.3, 0.4) is 0 Å². The van der Waals surface area contributed by atoms with E-state index in [1.165, 1.54) is 0 Å². The molecule has 2 unspecified atom stereocenters. The number of nitriles is 1. The van der Waals surface area contributed by atoms with E-state index in [9.17, 15) is 0 Å². The van der Waals surface area contributed by atoms with Crippen molar-refractivity contribution >= 4 is 0 Å². The Labute approximate surface area is 102 Å². The van der Waals surface area contributed by atoms with Crippen molar-refractivity contribution in [3.8, 4) is 11.8 Å². The second kappa shape index (κ2) is 6.89. The Kier molecular flexibility index (Phi) is 5.47. The minimum absolute atomic E-state index is 0.0647. The maximum absolute atomic E-state index is 8.54. The maximum Gasteiger partial charge on any atom is 0.141 e. The lowest BCUT2D eigenvalue weighted by Gasteiger charge is -2.14. The lowest BCUT2D eigenvalue weighted by atomic mass is 10.1. The van der Waals surface area contributed by atoms with Crippen molar-refractivity contribution in [2.45, 2.75) is 26.0 Å². The van der Waals surface area contributed by atoms with E-state index in [0.717, 1.165) is 11.3 Å². The van der Waals surface area contributed by atoms with Crippen LogP contribution in [0.25, 0.3) is 0 Å². The van der Waals surface area contributed by atoms with E-state index in [1.54, 1.807) is 6.92 Å². The van der Waals surface area contributed by atoms with Gasteiger partial charge in [0, 0.05) is 11.6 Å². The summed E-state index contributed by atoms with van der Waals surface area (Å²) in [6.07, 6.45) is -0.401. The normalized spacial score (nSPS) is 13.8. The smallest absolute Gasteiger partial charge is 0.141 e. The summed E-state index contributed by atoms with van der Waals surface area (Å²) in [5, 5.41) is 8.54. The van der Waals surface area contributed by atoms with Gasteiger partial charge < -0.3 is 15.2 Å². The second-order valence-corrected chi connectivity index (χ2v) is 3.82. The van der Waals surface area contributed by atoms with Crippen molar-refractivity contribution in [3.63, 3.8) is 0 Å². The van der Waals surface area contributed by atoms with Crippen molar-refractivity contribution in [3.05, 3.63) is 29.8 Å². The molecule has 92 valence electrons. The van der Waals surface area contributed by atoms with E-state index >= 15 is 0 Å². The SMILES string of the molecule is CC(C#N)OCCOc1ccccc1C(C)N. The summed E-state index contributed by atoms with van der Waals surface area (Å²) in [5.41, 5.74) is 6.81. The molecule has 1 aromatic rings. The summed E-state index contributed by atoms with van der Waals surface area (Å²) < 4.78 is 10.8. The predicted molar refractivity (Wildman–Crippen MR) is 65.6 cm³/mol. The van der Waals surface area contributed by atoms with E-state index in [0.29, 0.717) is 13.2 Å².